The SMILES string of the molecule is CN=C(NCCS(=O)c1ccccc1)N1CCc2ccccc21.I. The average molecular weight is 455 g/mol. The van der Waals surface area contributed by atoms with Gasteiger partial charge in [0.2, 0.25) is 0 Å². The van der Waals surface area contributed by atoms with E-state index in [2.05, 4.69) is 39.5 Å². The Hall–Kier alpha value is -1.41. The van der Waals surface area contributed by atoms with Crippen LogP contribution in [0.25, 0.3) is 0 Å². The van der Waals surface area contributed by atoms with E-state index >= 15 is 0 Å². The van der Waals surface area contributed by atoms with E-state index in [1.54, 1.807) is 7.05 Å². The van der Waals surface area contributed by atoms with Crippen molar-refractivity contribution in [1.29, 1.82) is 0 Å². The molecule has 0 saturated heterocycles. The van der Waals surface area contributed by atoms with Crippen LogP contribution in [-0.2, 0) is 17.2 Å². The summed E-state index contributed by atoms with van der Waals surface area (Å²) in [6.45, 7) is 1.56. The Bertz CT molecular complexity index is 721. The maximum Gasteiger partial charge on any atom is 0.198 e. The summed E-state index contributed by atoms with van der Waals surface area (Å²) >= 11 is 0. The highest BCUT2D eigenvalue weighted by Crippen LogP contribution is 2.27. The largest absolute Gasteiger partial charge is 0.355 e. The first kappa shape index (κ1) is 18.9. The fourth-order valence-electron chi connectivity index (χ4n) is 2.80. The third kappa shape index (κ3) is 4.36. The average Bonchev–Trinajstić information content (AvgIpc) is 3.03. The van der Waals surface area contributed by atoms with Crippen molar-refractivity contribution in [2.75, 3.05) is 30.8 Å². The Labute approximate surface area is 162 Å². The Balaban J connectivity index is 0.00000208. The molecule has 1 atom stereocenters. The molecule has 0 saturated carbocycles. The van der Waals surface area contributed by atoms with Crippen molar-refractivity contribution in [3.63, 3.8) is 0 Å². The van der Waals surface area contributed by atoms with Crippen molar-refractivity contribution >= 4 is 46.4 Å². The summed E-state index contributed by atoms with van der Waals surface area (Å²) < 4.78 is 12.3. The number of nitrogens with zero attached hydrogens (tertiary/aromatic N) is 2. The number of benzene rings is 2. The molecule has 2 aromatic rings. The normalized spacial score (nSPS) is 14.7. The lowest BCUT2D eigenvalue weighted by molar-refractivity contribution is 0.681. The number of halogens is 1. The van der Waals surface area contributed by atoms with Crippen molar-refractivity contribution in [2.45, 2.75) is 11.3 Å². The molecule has 1 heterocycles. The maximum atomic E-state index is 12.3. The smallest absolute Gasteiger partial charge is 0.198 e. The Kier molecular flexibility index (Phi) is 7.23. The van der Waals surface area contributed by atoms with E-state index in [1.165, 1.54) is 11.3 Å². The van der Waals surface area contributed by atoms with Crippen LogP contribution < -0.4 is 10.2 Å². The number of para-hydroxylation sites is 1. The number of aliphatic imine (C=N–C) groups is 1. The summed E-state index contributed by atoms with van der Waals surface area (Å²) in [5, 5.41) is 3.34. The number of nitrogens with one attached hydrogen (secondary N) is 1. The zero-order chi connectivity index (χ0) is 16.1. The van der Waals surface area contributed by atoms with E-state index in [0.717, 1.165) is 23.8 Å². The molecule has 1 aliphatic heterocycles. The summed E-state index contributed by atoms with van der Waals surface area (Å²) in [5.74, 6) is 1.42. The van der Waals surface area contributed by atoms with Gasteiger partial charge >= 0.3 is 0 Å². The van der Waals surface area contributed by atoms with Crippen LogP contribution in [0.2, 0.25) is 0 Å². The van der Waals surface area contributed by atoms with Crippen LogP contribution >= 0.6 is 24.0 Å². The lowest BCUT2D eigenvalue weighted by atomic mass is 10.2. The quantitative estimate of drug-likeness (QED) is 0.438. The highest BCUT2D eigenvalue weighted by atomic mass is 127. The first-order chi connectivity index (χ1) is 11.3. The Morgan fingerprint density at radius 1 is 1.17 bits per heavy atom. The van der Waals surface area contributed by atoms with E-state index < -0.39 is 10.8 Å². The highest BCUT2D eigenvalue weighted by Gasteiger charge is 2.22. The molecule has 0 bridgehead atoms. The molecule has 3 rings (SSSR count). The Morgan fingerprint density at radius 3 is 2.62 bits per heavy atom. The van der Waals surface area contributed by atoms with Crippen LogP contribution in [-0.4, -0.2) is 36.1 Å². The van der Waals surface area contributed by atoms with Gasteiger partial charge < -0.3 is 10.2 Å². The molecule has 128 valence electrons. The van der Waals surface area contributed by atoms with Gasteiger partial charge in [0.05, 0.1) is 10.8 Å². The van der Waals surface area contributed by atoms with Gasteiger partial charge in [-0.15, -0.1) is 24.0 Å². The van der Waals surface area contributed by atoms with Crippen molar-refractivity contribution < 1.29 is 4.21 Å². The number of anilines is 1. The first-order valence-corrected chi connectivity index (χ1v) is 9.11. The number of guanidine groups is 1. The molecule has 0 fully saturated rings. The third-order valence-corrected chi connectivity index (χ3v) is 5.30. The summed E-state index contributed by atoms with van der Waals surface area (Å²) in [6.07, 6.45) is 1.03. The Morgan fingerprint density at radius 2 is 1.88 bits per heavy atom. The van der Waals surface area contributed by atoms with Crippen LogP contribution in [0.5, 0.6) is 0 Å². The van der Waals surface area contributed by atoms with Gasteiger partial charge in [0.25, 0.3) is 0 Å². The topological polar surface area (TPSA) is 44.7 Å². The predicted molar refractivity (Wildman–Crippen MR) is 112 cm³/mol. The van der Waals surface area contributed by atoms with Gasteiger partial charge in [-0.1, -0.05) is 36.4 Å². The molecule has 0 aliphatic carbocycles. The van der Waals surface area contributed by atoms with Crippen molar-refractivity contribution in [1.82, 2.24) is 5.32 Å². The highest BCUT2D eigenvalue weighted by molar-refractivity contribution is 14.0. The second-order valence-electron chi connectivity index (χ2n) is 5.37. The first-order valence-electron chi connectivity index (χ1n) is 7.79. The maximum absolute atomic E-state index is 12.3. The van der Waals surface area contributed by atoms with Gasteiger partial charge in [-0.05, 0) is 30.2 Å². The summed E-state index contributed by atoms with van der Waals surface area (Å²) in [5.41, 5.74) is 2.56. The number of hydrogen-bond acceptors (Lipinski definition) is 2. The molecule has 1 unspecified atom stereocenters. The van der Waals surface area contributed by atoms with Crippen LogP contribution in [0, 0.1) is 0 Å². The minimum atomic E-state index is -0.984. The molecule has 4 nitrogen and oxygen atoms in total. The number of hydrogen-bond donors (Lipinski definition) is 1. The molecule has 1 aliphatic rings. The standard InChI is InChI=1S/C18H21N3OS.HI/c1-19-18(21-13-11-15-7-5-6-10-17(15)21)20-12-14-23(22)16-8-3-2-4-9-16;/h2-10H,11-14H2,1H3,(H,19,20);1H. The van der Waals surface area contributed by atoms with Crippen molar-refractivity contribution in [3.8, 4) is 0 Å². The predicted octanol–water partition coefficient (Wildman–Crippen LogP) is 3.05. The van der Waals surface area contributed by atoms with Gasteiger partial charge in [-0.25, -0.2) is 0 Å². The zero-order valence-corrected chi connectivity index (χ0v) is 16.8. The second kappa shape index (κ2) is 9.17. The minimum absolute atomic E-state index is 0. The number of rotatable bonds is 4. The fourth-order valence-corrected chi connectivity index (χ4v) is 3.78. The molecule has 0 spiro atoms. The summed E-state index contributed by atoms with van der Waals surface area (Å²) in [4.78, 5) is 7.44. The lowest BCUT2D eigenvalue weighted by Crippen LogP contribution is -2.42. The zero-order valence-electron chi connectivity index (χ0n) is 13.6. The van der Waals surface area contributed by atoms with E-state index in [9.17, 15) is 4.21 Å². The van der Waals surface area contributed by atoms with Crippen molar-refractivity contribution in [3.05, 3.63) is 60.2 Å². The van der Waals surface area contributed by atoms with E-state index in [1.807, 2.05) is 30.3 Å². The molecule has 0 aromatic heterocycles. The summed E-state index contributed by atoms with van der Waals surface area (Å²) in [7, 11) is 0.805. The van der Waals surface area contributed by atoms with Crippen LogP contribution in [0.15, 0.2) is 64.5 Å². The van der Waals surface area contributed by atoms with Gasteiger partial charge in [-0.3, -0.25) is 9.20 Å². The monoisotopic (exact) mass is 455 g/mol. The summed E-state index contributed by atoms with van der Waals surface area (Å²) in [6, 6.07) is 18.0. The molecule has 0 amide bonds. The van der Waals surface area contributed by atoms with Gasteiger partial charge in [0.15, 0.2) is 5.96 Å². The van der Waals surface area contributed by atoms with Gasteiger partial charge in [-0.2, -0.15) is 0 Å². The van der Waals surface area contributed by atoms with Crippen LogP contribution in [0.4, 0.5) is 5.69 Å². The number of fused-ring (bicyclic) bond motifs is 1. The molecule has 0 radical (unpaired) electrons. The molecule has 24 heavy (non-hydrogen) atoms. The fraction of sp³-hybridized carbons (Fsp3) is 0.278. The molecular formula is C18H22IN3OS. The second-order valence-corrected chi connectivity index (χ2v) is 6.94. The molecule has 1 N–H and O–H groups in total. The van der Waals surface area contributed by atoms with Crippen molar-refractivity contribution in [2.24, 2.45) is 4.99 Å². The molecular weight excluding hydrogens is 433 g/mol. The minimum Gasteiger partial charge on any atom is -0.355 e. The third-order valence-electron chi connectivity index (χ3n) is 3.93. The molecule has 2 aromatic carbocycles. The van der Waals surface area contributed by atoms with E-state index in [-0.39, 0.29) is 24.0 Å². The van der Waals surface area contributed by atoms with Crippen LogP contribution in [0.1, 0.15) is 5.56 Å². The lowest BCUT2D eigenvalue weighted by Gasteiger charge is -2.22. The van der Waals surface area contributed by atoms with Crippen LogP contribution in [0.3, 0.4) is 0 Å². The molecule has 6 heteroatoms. The van der Waals surface area contributed by atoms with Gasteiger partial charge in [0, 0.05) is 36.5 Å². The van der Waals surface area contributed by atoms with E-state index in [0.29, 0.717) is 12.3 Å². The van der Waals surface area contributed by atoms with E-state index in [4.69, 9.17) is 0 Å². The van der Waals surface area contributed by atoms with Gasteiger partial charge in [0.1, 0.15) is 0 Å².